The van der Waals surface area contributed by atoms with Crippen LogP contribution < -0.4 is 81.4 Å². The fraction of sp³-hybridized carbons (Fsp3) is 0.324. The quantitative estimate of drug-likeness (QED) is 0.0159. The highest BCUT2D eigenvalue weighted by molar-refractivity contribution is 8.76. The second kappa shape index (κ2) is 39.4. The highest BCUT2D eigenvalue weighted by Crippen LogP contribution is 2.26. The number of phenols is 1. The maximum Gasteiger partial charge on any atom is 0.244 e. The minimum absolute atomic E-state index is 0.0152. The number of guanidine groups is 1. The number of phenolic OH excluding ortho intramolecular Hbond substituents is 1. The first-order chi connectivity index (χ1) is 52.3. The van der Waals surface area contributed by atoms with Gasteiger partial charge in [0.05, 0.1) is 24.5 Å². The summed E-state index contributed by atoms with van der Waals surface area (Å²) in [4.78, 5) is 189. The van der Waals surface area contributed by atoms with E-state index in [4.69, 9.17) is 28.3 Å². The van der Waals surface area contributed by atoms with Crippen LogP contribution in [0.5, 0.6) is 5.75 Å². The van der Waals surface area contributed by atoms with E-state index >= 15 is 28.8 Å². The van der Waals surface area contributed by atoms with Crippen LogP contribution in [0, 0.1) is 5.41 Å². The number of carbonyl (C=O) groups excluding carboxylic acids is 12. The number of nitrogens with two attached hydrogens (primary N) is 4. The summed E-state index contributed by atoms with van der Waals surface area (Å²) in [5, 5.41) is 48.5. The molecule has 1 aliphatic heterocycles. The van der Waals surface area contributed by atoms with Crippen molar-refractivity contribution in [1.29, 1.82) is 5.41 Å². The number of aromatic amines is 3. The zero-order chi connectivity index (χ0) is 78.1. The Bertz CT molecular complexity index is 4530. The molecular weight excluding hydrogens is 1440 g/mol. The number of carbonyl (C=O) groups is 12. The minimum Gasteiger partial charge on any atom is -0.508 e. The van der Waals surface area contributed by atoms with Crippen molar-refractivity contribution in [3.8, 4) is 5.75 Å². The number of nitrogens with zero attached hydrogens (tertiary/aromatic N) is 1. The Hall–Kier alpha value is -12.2. The molecule has 33 nitrogen and oxygen atoms in total. The molecule has 109 heavy (non-hydrogen) atoms. The number of amides is 12. The van der Waals surface area contributed by atoms with Crippen molar-refractivity contribution in [2.24, 2.45) is 22.9 Å². The molecule has 1 aliphatic rings. The molecule has 9 rings (SSSR count). The summed E-state index contributed by atoms with van der Waals surface area (Å²) in [6.45, 7) is 1.27. The average Bonchev–Trinajstić information content (AvgIpc) is 1.73. The zero-order valence-electron chi connectivity index (χ0n) is 59.3. The lowest BCUT2D eigenvalue weighted by atomic mass is 10.0. The summed E-state index contributed by atoms with van der Waals surface area (Å²) in [5.74, 6) is -12.8. The van der Waals surface area contributed by atoms with E-state index in [0.29, 0.717) is 38.7 Å². The van der Waals surface area contributed by atoms with Gasteiger partial charge >= 0.3 is 0 Å². The molecule has 8 aromatic rings. The van der Waals surface area contributed by atoms with Gasteiger partial charge in [0.1, 0.15) is 66.2 Å². The number of fused-ring (bicyclic) bond motifs is 2. The third kappa shape index (κ3) is 24.1. The van der Waals surface area contributed by atoms with Gasteiger partial charge in [0.25, 0.3) is 0 Å². The van der Waals surface area contributed by atoms with Crippen LogP contribution in [0.3, 0.4) is 0 Å². The van der Waals surface area contributed by atoms with Crippen LogP contribution in [0.1, 0.15) is 59.7 Å². The van der Waals surface area contributed by atoms with Crippen molar-refractivity contribution >= 4 is 120 Å². The summed E-state index contributed by atoms with van der Waals surface area (Å²) < 4.78 is 0. The maximum atomic E-state index is 15.2. The third-order valence-corrected chi connectivity index (χ3v) is 20.3. The molecule has 0 spiro atoms. The summed E-state index contributed by atoms with van der Waals surface area (Å²) in [7, 11) is 1.85. The van der Waals surface area contributed by atoms with Crippen molar-refractivity contribution in [2.75, 3.05) is 18.1 Å². The van der Waals surface area contributed by atoms with Gasteiger partial charge in [-0.25, -0.2) is 4.98 Å². The van der Waals surface area contributed by atoms with E-state index in [2.05, 4.69) is 78.4 Å². The smallest absolute Gasteiger partial charge is 0.244 e. The summed E-state index contributed by atoms with van der Waals surface area (Å²) in [6.07, 6.45) is 3.84. The van der Waals surface area contributed by atoms with Crippen LogP contribution in [0.25, 0.3) is 21.8 Å². The number of aromatic hydroxyl groups is 1. The molecule has 0 radical (unpaired) electrons. The molecule has 24 N–H and O–H groups in total. The Labute approximate surface area is 633 Å². The standard InChI is InChI=1S/C74H88N20O13S2/c1-40-64(98)88-55(28-41-13-4-2-5-14-41)69(103)94-61(72(106)87-54(63(77)97)30-44-34-82-51-19-10-8-17-48(44)51)38-109-108-37-60(93-65(99)50(75)27-43-22-24-47(95)25-23-43)73(107)91-58(32-46-36-80-39-84-46)71(105)89-56(29-42-15-6-3-7-16-42)68(102)86-53(21-12-26-81-74(78)79)66(100)90-57(31-45-35-83-52-20-11-9-18-49(45)52)70(104)92-59(33-62(76)96)67(101)85-40/h2-11,13-20,22-25,34-36,39-40,50,53-61,82-83,95H,12,21,26-33,37-38,75H2,1H3,(H2,76,96)(H2,77,97)(H,80,84)(H,85,101)(H,86,102)(H,87,106)(H,88,98)(H,89,105)(H,90,100)(H,91,107)(H,92,104)(H,93,99)(H,94,103)(H4,78,79,81)/t40-,50-,53?,54-,55?,56+,57-,58-,59?,60?,61-/m0/s1. The largest absolute Gasteiger partial charge is 0.508 e. The monoisotopic (exact) mass is 1530 g/mol. The van der Waals surface area contributed by atoms with Crippen molar-refractivity contribution in [3.63, 3.8) is 0 Å². The summed E-state index contributed by atoms with van der Waals surface area (Å²) in [6, 6.07) is 20.0. The molecule has 0 saturated carbocycles. The average molecular weight is 1530 g/mol. The van der Waals surface area contributed by atoms with Crippen molar-refractivity contribution < 1.29 is 62.6 Å². The van der Waals surface area contributed by atoms with Gasteiger partial charge in [0.15, 0.2) is 5.96 Å². The van der Waals surface area contributed by atoms with Crippen molar-refractivity contribution in [3.05, 3.63) is 192 Å². The number of nitrogens with one attached hydrogen (secondary N) is 15. The van der Waals surface area contributed by atoms with Crippen LogP contribution in [0.15, 0.2) is 158 Å². The molecule has 5 aromatic carbocycles. The number of imidazole rings is 1. The van der Waals surface area contributed by atoms with E-state index in [9.17, 15) is 33.9 Å². The van der Waals surface area contributed by atoms with Gasteiger partial charge in [-0.2, -0.15) is 0 Å². The molecule has 12 amide bonds. The second-order valence-electron chi connectivity index (χ2n) is 26.2. The van der Waals surface area contributed by atoms with E-state index in [1.807, 2.05) is 12.1 Å². The van der Waals surface area contributed by atoms with Gasteiger partial charge in [-0.05, 0) is 78.3 Å². The molecule has 3 aromatic heterocycles. The van der Waals surface area contributed by atoms with Gasteiger partial charge in [0.2, 0.25) is 70.9 Å². The first-order valence-electron chi connectivity index (χ1n) is 35.0. The molecule has 1 saturated heterocycles. The normalized spacial score (nSPS) is 21.1. The number of primary amides is 2. The molecule has 1 fully saturated rings. The van der Waals surface area contributed by atoms with E-state index in [-0.39, 0.29) is 80.9 Å². The first-order valence-corrected chi connectivity index (χ1v) is 37.5. The number of hydrogen-bond donors (Lipinski definition) is 20. The molecule has 574 valence electrons. The molecular formula is C74H88N20O13S2. The van der Waals surface area contributed by atoms with E-state index < -0.39 is 150 Å². The second-order valence-corrected chi connectivity index (χ2v) is 28.7. The lowest BCUT2D eigenvalue weighted by molar-refractivity contribution is -0.136. The predicted octanol–water partition coefficient (Wildman–Crippen LogP) is -0.952. The highest BCUT2D eigenvalue weighted by atomic mass is 33.1. The van der Waals surface area contributed by atoms with Crippen LogP contribution in [0.4, 0.5) is 0 Å². The van der Waals surface area contributed by atoms with Gasteiger partial charge in [-0.3, -0.25) is 62.9 Å². The number of H-pyrrole nitrogens is 3. The Kier molecular flexibility index (Phi) is 29.2. The lowest BCUT2D eigenvalue weighted by Crippen LogP contribution is -2.61. The topological polar surface area (TPSA) is 546 Å². The van der Waals surface area contributed by atoms with Crippen LogP contribution in [-0.2, 0) is 96.1 Å². The fourth-order valence-electron chi connectivity index (χ4n) is 12.1. The highest BCUT2D eigenvalue weighted by Gasteiger charge is 2.38. The van der Waals surface area contributed by atoms with Crippen LogP contribution >= 0.6 is 21.6 Å². The molecule has 0 bridgehead atoms. The fourth-order valence-corrected chi connectivity index (χ4v) is 14.4. The van der Waals surface area contributed by atoms with E-state index in [1.165, 1.54) is 31.6 Å². The number of benzene rings is 5. The van der Waals surface area contributed by atoms with Gasteiger partial charge in [-0.1, -0.05) is 131 Å². The SMILES string of the molecule is C[C@@H]1NC(=O)C(CC(N)=O)NC(=O)[C@H](Cc2c[nH]c3ccccc23)NC(=O)C(CCCNC(=N)N)NC(=O)[C@@H](Cc2ccccc2)NC(=O)[C@H](Cc2c[nH]cn2)NC(=O)C(NC(=O)[C@@H](N)Cc2ccc(O)cc2)CSSC[C@@H](C(=O)N[C@@H](Cc2c[nH]c3ccccc23)C(N)=O)NC(=O)C(Cc2ccccc2)NC1=O. The van der Waals surface area contributed by atoms with Crippen LogP contribution in [-0.4, -0.2) is 186 Å². The number of hydrogen-bond acceptors (Lipinski definition) is 18. The Morgan fingerprint density at radius 3 is 1.64 bits per heavy atom. The number of para-hydroxylation sites is 2. The third-order valence-electron chi connectivity index (χ3n) is 17.9. The molecule has 4 unspecified atom stereocenters. The van der Waals surface area contributed by atoms with E-state index in [0.717, 1.165) is 32.5 Å². The number of aromatic nitrogens is 4. The Morgan fingerprint density at radius 2 is 1.06 bits per heavy atom. The minimum atomic E-state index is -1.82. The molecule has 4 heterocycles. The Balaban J connectivity index is 1.11. The van der Waals surface area contributed by atoms with Gasteiger partial charge in [0, 0.05) is 90.6 Å². The summed E-state index contributed by atoms with van der Waals surface area (Å²) >= 11 is 0. The van der Waals surface area contributed by atoms with E-state index in [1.54, 1.807) is 122 Å². The summed E-state index contributed by atoms with van der Waals surface area (Å²) in [5.41, 5.74) is 28.1. The maximum absolute atomic E-state index is 15.2. The first kappa shape index (κ1) is 80.8. The zero-order valence-corrected chi connectivity index (χ0v) is 60.9. The van der Waals surface area contributed by atoms with Crippen molar-refractivity contribution in [1.82, 2.24) is 78.4 Å². The van der Waals surface area contributed by atoms with Crippen molar-refractivity contribution in [2.45, 2.75) is 131 Å². The molecule has 11 atom stereocenters. The Morgan fingerprint density at radius 1 is 0.550 bits per heavy atom. The molecule has 35 heteroatoms. The predicted molar refractivity (Wildman–Crippen MR) is 408 cm³/mol. The van der Waals surface area contributed by atoms with Gasteiger partial charge < -0.3 is 101 Å². The lowest BCUT2D eigenvalue weighted by Gasteiger charge is -2.28. The van der Waals surface area contributed by atoms with Crippen LogP contribution in [0.2, 0.25) is 0 Å². The number of rotatable bonds is 23. The molecule has 0 aliphatic carbocycles. The van der Waals surface area contributed by atoms with Gasteiger partial charge in [-0.15, -0.1) is 0 Å².